The van der Waals surface area contributed by atoms with Crippen molar-refractivity contribution < 1.29 is 14.3 Å². The number of ether oxygens (including phenoxy) is 2. The molecule has 1 aromatic carbocycles. The van der Waals surface area contributed by atoms with E-state index in [1.807, 2.05) is 24.3 Å². The zero-order chi connectivity index (χ0) is 21.0. The topological polar surface area (TPSA) is 84.0 Å². The number of nitrogens with one attached hydrogen (secondary N) is 3. The number of anilines is 1. The van der Waals surface area contributed by atoms with Crippen molar-refractivity contribution in [2.75, 3.05) is 45.3 Å². The van der Waals surface area contributed by atoms with Crippen molar-refractivity contribution >= 4 is 41.5 Å². The second-order valence-electron chi connectivity index (χ2n) is 8.15. The molecular weight excluding hydrogens is 507 g/mol. The summed E-state index contributed by atoms with van der Waals surface area (Å²) in [5, 5.41) is 9.68. The zero-order valence-electron chi connectivity index (χ0n) is 18.5. The largest absolute Gasteiger partial charge is 0.381 e. The molecule has 0 spiro atoms. The molecule has 31 heavy (non-hydrogen) atoms. The molecule has 3 N–H and O–H groups in total. The van der Waals surface area contributed by atoms with Crippen molar-refractivity contribution in [1.82, 2.24) is 10.6 Å². The maximum absolute atomic E-state index is 12.1. The van der Waals surface area contributed by atoms with E-state index in [1.165, 1.54) is 0 Å². The quantitative estimate of drug-likeness (QED) is 0.182. The van der Waals surface area contributed by atoms with Crippen LogP contribution in [0.15, 0.2) is 29.3 Å². The number of halogens is 1. The van der Waals surface area contributed by atoms with Crippen LogP contribution < -0.4 is 16.0 Å². The Hall–Kier alpha value is -1.39. The van der Waals surface area contributed by atoms with Crippen molar-refractivity contribution in [1.29, 1.82) is 0 Å². The lowest BCUT2D eigenvalue weighted by Gasteiger charge is -2.24. The first-order valence-corrected chi connectivity index (χ1v) is 11.2. The monoisotopic (exact) mass is 544 g/mol. The minimum absolute atomic E-state index is 0. The number of rotatable bonds is 10. The second-order valence-corrected chi connectivity index (χ2v) is 8.15. The molecule has 1 saturated carbocycles. The van der Waals surface area contributed by atoms with Gasteiger partial charge in [-0.05, 0) is 55.7 Å². The van der Waals surface area contributed by atoms with Crippen molar-refractivity contribution in [2.24, 2.45) is 16.8 Å². The lowest BCUT2D eigenvalue weighted by Crippen LogP contribution is -2.37. The summed E-state index contributed by atoms with van der Waals surface area (Å²) in [6, 6.07) is 7.97. The van der Waals surface area contributed by atoms with Crippen LogP contribution in [-0.2, 0) is 20.8 Å². The number of carbonyl (C=O) groups excluding carboxylic acids is 1. The van der Waals surface area contributed by atoms with Gasteiger partial charge in [0.1, 0.15) is 0 Å². The third kappa shape index (κ3) is 9.33. The lowest BCUT2D eigenvalue weighted by molar-refractivity contribution is -0.122. The first kappa shape index (κ1) is 25.9. The predicted molar refractivity (Wildman–Crippen MR) is 135 cm³/mol. The van der Waals surface area contributed by atoms with E-state index < -0.39 is 0 Å². The molecular formula is C23H37IN4O3. The molecule has 1 saturated heterocycles. The molecule has 2 fully saturated rings. The van der Waals surface area contributed by atoms with E-state index in [0.29, 0.717) is 12.5 Å². The van der Waals surface area contributed by atoms with Gasteiger partial charge in [0, 0.05) is 58.2 Å². The Bertz CT molecular complexity index is 691. The van der Waals surface area contributed by atoms with Crippen molar-refractivity contribution in [2.45, 2.75) is 45.1 Å². The van der Waals surface area contributed by atoms with Crippen LogP contribution in [0.1, 0.15) is 44.1 Å². The third-order valence-electron chi connectivity index (χ3n) is 5.81. The lowest BCUT2D eigenvalue weighted by atomic mass is 9.85. The van der Waals surface area contributed by atoms with E-state index in [1.54, 1.807) is 7.05 Å². The summed E-state index contributed by atoms with van der Waals surface area (Å²) in [6.45, 7) is 4.78. The number of aliphatic imine (C=N–C) groups is 1. The number of benzene rings is 1. The van der Waals surface area contributed by atoms with Crippen LogP contribution in [-0.4, -0.2) is 51.9 Å². The molecule has 174 valence electrons. The second kappa shape index (κ2) is 14.6. The fourth-order valence-electron chi connectivity index (χ4n) is 3.62. The van der Waals surface area contributed by atoms with Crippen LogP contribution in [0.25, 0.3) is 0 Å². The van der Waals surface area contributed by atoms with E-state index in [9.17, 15) is 4.79 Å². The molecule has 0 atom stereocenters. The number of amides is 1. The summed E-state index contributed by atoms with van der Waals surface area (Å²) in [5.74, 6) is 1.75. The molecule has 0 aromatic heterocycles. The Morgan fingerprint density at radius 2 is 2.00 bits per heavy atom. The van der Waals surface area contributed by atoms with E-state index in [0.717, 1.165) is 88.7 Å². The highest BCUT2D eigenvalue weighted by molar-refractivity contribution is 14.0. The van der Waals surface area contributed by atoms with Gasteiger partial charge >= 0.3 is 0 Å². The van der Waals surface area contributed by atoms with Gasteiger partial charge in [-0.2, -0.15) is 0 Å². The summed E-state index contributed by atoms with van der Waals surface area (Å²) in [6.07, 6.45) is 6.34. The third-order valence-corrected chi connectivity index (χ3v) is 5.81. The van der Waals surface area contributed by atoms with Crippen molar-refractivity contribution in [3.05, 3.63) is 29.8 Å². The zero-order valence-corrected chi connectivity index (χ0v) is 20.9. The average Bonchev–Trinajstić information content (AvgIpc) is 2.72. The number of carbonyl (C=O) groups is 1. The first-order chi connectivity index (χ1) is 14.7. The van der Waals surface area contributed by atoms with Gasteiger partial charge < -0.3 is 25.4 Å². The van der Waals surface area contributed by atoms with Crippen molar-refractivity contribution in [3.8, 4) is 0 Å². The summed E-state index contributed by atoms with van der Waals surface area (Å²) >= 11 is 0. The van der Waals surface area contributed by atoms with Gasteiger partial charge in [-0.3, -0.25) is 9.79 Å². The Morgan fingerprint density at radius 3 is 2.71 bits per heavy atom. The van der Waals surface area contributed by atoms with E-state index in [-0.39, 0.29) is 35.8 Å². The molecule has 8 heteroatoms. The molecule has 1 aliphatic carbocycles. The molecule has 1 aromatic rings. The first-order valence-electron chi connectivity index (χ1n) is 11.2. The van der Waals surface area contributed by atoms with E-state index in [2.05, 4.69) is 20.9 Å². The Labute approximate surface area is 203 Å². The summed E-state index contributed by atoms with van der Waals surface area (Å²) in [7, 11) is 1.77. The van der Waals surface area contributed by atoms with Gasteiger partial charge in [0.25, 0.3) is 0 Å². The smallest absolute Gasteiger partial charge is 0.227 e. The summed E-state index contributed by atoms with van der Waals surface area (Å²) in [5.41, 5.74) is 1.96. The number of hydrogen-bond acceptors (Lipinski definition) is 4. The van der Waals surface area contributed by atoms with Crippen molar-refractivity contribution in [3.63, 3.8) is 0 Å². The van der Waals surface area contributed by atoms with E-state index >= 15 is 0 Å². The standard InChI is InChI=1S/C23H36N4O3.HI/c1-24-23(25-11-4-12-30-17-18-9-13-29-14-10-18)26-16-19-5-2-8-21(15-19)27-22(28)20-6-3-7-20;/h2,5,8,15,18,20H,3-4,6-7,9-14,16-17H2,1H3,(H,27,28)(H2,24,25,26);1H. The molecule has 0 radical (unpaired) electrons. The minimum atomic E-state index is 0. The van der Waals surface area contributed by atoms with Gasteiger partial charge in [0.05, 0.1) is 0 Å². The Morgan fingerprint density at radius 1 is 1.19 bits per heavy atom. The molecule has 0 unspecified atom stereocenters. The minimum Gasteiger partial charge on any atom is -0.381 e. The maximum atomic E-state index is 12.1. The molecule has 1 amide bonds. The van der Waals surface area contributed by atoms with Gasteiger partial charge in [0.2, 0.25) is 5.91 Å². The summed E-state index contributed by atoms with van der Waals surface area (Å²) < 4.78 is 11.2. The molecule has 0 bridgehead atoms. The summed E-state index contributed by atoms with van der Waals surface area (Å²) in [4.78, 5) is 16.4. The highest BCUT2D eigenvalue weighted by Gasteiger charge is 2.25. The highest BCUT2D eigenvalue weighted by atomic mass is 127. The van der Waals surface area contributed by atoms with Gasteiger partial charge in [-0.25, -0.2) is 0 Å². The van der Waals surface area contributed by atoms with Crippen LogP contribution in [0.5, 0.6) is 0 Å². The molecule has 1 heterocycles. The Balaban J connectivity index is 0.00000341. The van der Waals surface area contributed by atoms with Crippen LogP contribution in [0.4, 0.5) is 5.69 Å². The van der Waals surface area contributed by atoms with Gasteiger partial charge in [-0.1, -0.05) is 18.6 Å². The Kier molecular flexibility index (Phi) is 12.2. The van der Waals surface area contributed by atoms with Crippen LogP contribution >= 0.6 is 24.0 Å². The normalized spacial score (nSPS) is 17.4. The maximum Gasteiger partial charge on any atom is 0.227 e. The number of hydrogen-bond donors (Lipinski definition) is 3. The van der Waals surface area contributed by atoms with Crippen LogP contribution in [0.2, 0.25) is 0 Å². The SMILES string of the molecule is CN=C(NCCCOCC1CCOCC1)NCc1cccc(NC(=O)C2CCC2)c1.I. The van der Waals surface area contributed by atoms with Gasteiger partial charge in [-0.15, -0.1) is 24.0 Å². The number of guanidine groups is 1. The molecule has 2 aliphatic rings. The number of nitrogens with zero attached hydrogens (tertiary/aromatic N) is 1. The molecule has 3 rings (SSSR count). The van der Waals surface area contributed by atoms with Gasteiger partial charge in [0.15, 0.2) is 5.96 Å². The fraction of sp³-hybridized carbons (Fsp3) is 0.652. The fourth-order valence-corrected chi connectivity index (χ4v) is 3.62. The predicted octanol–water partition coefficient (Wildman–Crippen LogP) is 3.54. The highest BCUT2D eigenvalue weighted by Crippen LogP contribution is 2.27. The van der Waals surface area contributed by atoms with E-state index in [4.69, 9.17) is 9.47 Å². The molecule has 7 nitrogen and oxygen atoms in total. The van der Waals surface area contributed by atoms with Crippen LogP contribution in [0, 0.1) is 11.8 Å². The van der Waals surface area contributed by atoms with Crippen LogP contribution in [0.3, 0.4) is 0 Å². The average molecular weight is 544 g/mol. The molecule has 1 aliphatic heterocycles.